The van der Waals surface area contributed by atoms with Gasteiger partial charge >= 0.3 is 0 Å². The van der Waals surface area contributed by atoms with Crippen LogP contribution in [-0.4, -0.2) is 30.5 Å². The van der Waals surface area contributed by atoms with Crippen LogP contribution in [0.25, 0.3) is 10.8 Å². The predicted molar refractivity (Wildman–Crippen MR) is 85.2 cm³/mol. The zero-order valence-corrected chi connectivity index (χ0v) is 13.4. The number of carbonyl (C=O) groups is 1. The quantitative estimate of drug-likeness (QED) is 0.795. The molecule has 0 radical (unpaired) electrons. The van der Waals surface area contributed by atoms with Crippen molar-refractivity contribution >= 4 is 42.1 Å². The summed E-state index contributed by atoms with van der Waals surface area (Å²) in [7, 11) is 0. The SMILES string of the molecule is CCNCCNC(=O)c1cnc(-c2ccco2)s1.Cl.Cl. The third-order valence-electron chi connectivity index (χ3n) is 2.30. The van der Waals surface area contributed by atoms with Crippen LogP contribution in [0.15, 0.2) is 29.0 Å². The van der Waals surface area contributed by atoms with Gasteiger partial charge in [-0.15, -0.1) is 36.2 Å². The molecule has 20 heavy (non-hydrogen) atoms. The zero-order valence-electron chi connectivity index (χ0n) is 10.9. The molecule has 0 spiro atoms. The molecule has 0 atom stereocenters. The summed E-state index contributed by atoms with van der Waals surface area (Å²) in [5.74, 6) is 0.593. The van der Waals surface area contributed by atoms with E-state index in [1.54, 1.807) is 18.5 Å². The molecule has 0 saturated heterocycles. The summed E-state index contributed by atoms with van der Waals surface area (Å²) in [6, 6.07) is 3.62. The number of rotatable bonds is 6. The summed E-state index contributed by atoms with van der Waals surface area (Å²) in [5, 5.41) is 6.69. The van der Waals surface area contributed by atoms with Gasteiger partial charge in [-0.05, 0) is 18.7 Å². The Morgan fingerprint density at radius 3 is 2.85 bits per heavy atom. The Morgan fingerprint density at radius 2 is 2.20 bits per heavy atom. The number of halogens is 2. The molecule has 0 fully saturated rings. The van der Waals surface area contributed by atoms with E-state index < -0.39 is 0 Å². The molecule has 2 heterocycles. The van der Waals surface area contributed by atoms with E-state index in [1.807, 2.05) is 13.0 Å². The van der Waals surface area contributed by atoms with Gasteiger partial charge in [-0.1, -0.05) is 6.92 Å². The normalized spacial score (nSPS) is 9.45. The lowest BCUT2D eigenvalue weighted by Gasteiger charge is -2.02. The van der Waals surface area contributed by atoms with Crippen molar-refractivity contribution in [1.82, 2.24) is 15.6 Å². The van der Waals surface area contributed by atoms with Crippen molar-refractivity contribution in [2.24, 2.45) is 0 Å². The van der Waals surface area contributed by atoms with Crippen molar-refractivity contribution < 1.29 is 9.21 Å². The number of nitrogens with zero attached hydrogens (tertiary/aromatic N) is 1. The molecule has 0 aromatic carbocycles. The summed E-state index contributed by atoms with van der Waals surface area (Å²) in [5.41, 5.74) is 0. The van der Waals surface area contributed by atoms with Gasteiger partial charge in [0, 0.05) is 13.1 Å². The Kier molecular flexibility index (Phi) is 9.24. The molecule has 0 aliphatic carbocycles. The van der Waals surface area contributed by atoms with Gasteiger partial charge in [0.05, 0.1) is 12.5 Å². The van der Waals surface area contributed by atoms with Crippen molar-refractivity contribution in [2.75, 3.05) is 19.6 Å². The molecule has 0 bridgehead atoms. The van der Waals surface area contributed by atoms with Crippen LogP contribution in [0.3, 0.4) is 0 Å². The standard InChI is InChI=1S/C12H15N3O2S.2ClH/c1-2-13-5-6-14-11(16)10-8-15-12(18-10)9-4-3-7-17-9;;/h3-4,7-8,13H,2,5-6H2,1H3,(H,14,16);2*1H. The molecule has 5 nitrogen and oxygen atoms in total. The lowest BCUT2D eigenvalue weighted by atomic mass is 10.4. The Morgan fingerprint density at radius 1 is 1.40 bits per heavy atom. The van der Waals surface area contributed by atoms with E-state index in [1.165, 1.54) is 11.3 Å². The van der Waals surface area contributed by atoms with Crippen LogP contribution in [0.4, 0.5) is 0 Å². The first kappa shape index (κ1) is 18.9. The summed E-state index contributed by atoms with van der Waals surface area (Å²) in [4.78, 5) is 16.6. The van der Waals surface area contributed by atoms with Gasteiger partial charge in [0.15, 0.2) is 10.8 Å². The topological polar surface area (TPSA) is 67.2 Å². The number of amides is 1. The molecule has 0 aliphatic rings. The van der Waals surface area contributed by atoms with Crippen LogP contribution in [-0.2, 0) is 0 Å². The van der Waals surface area contributed by atoms with Gasteiger partial charge < -0.3 is 15.1 Å². The summed E-state index contributed by atoms with van der Waals surface area (Å²) >= 11 is 1.33. The maximum atomic E-state index is 11.8. The molecule has 1 amide bonds. The van der Waals surface area contributed by atoms with Crippen molar-refractivity contribution in [3.63, 3.8) is 0 Å². The second-order valence-corrected chi connectivity index (χ2v) is 4.65. The average molecular weight is 338 g/mol. The number of carbonyl (C=O) groups excluding carboxylic acids is 1. The number of furan rings is 1. The van der Waals surface area contributed by atoms with Gasteiger partial charge in [-0.2, -0.15) is 0 Å². The highest BCUT2D eigenvalue weighted by molar-refractivity contribution is 7.16. The van der Waals surface area contributed by atoms with Crippen LogP contribution >= 0.6 is 36.2 Å². The first-order valence-corrected chi connectivity index (χ1v) is 6.61. The highest BCUT2D eigenvalue weighted by atomic mass is 35.5. The van der Waals surface area contributed by atoms with Crippen LogP contribution < -0.4 is 10.6 Å². The maximum absolute atomic E-state index is 11.8. The van der Waals surface area contributed by atoms with E-state index in [0.29, 0.717) is 17.2 Å². The van der Waals surface area contributed by atoms with E-state index in [2.05, 4.69) is 15.6 Å². The Labute approximate surface area is 134 Å². The van der Waals surface area contributed by atoms with Gasteiger partial charge in [0.25, 0.3) is 5.91 Å². The fourth-order valence-corrected chi connectivity index (χ4v) is 2.22. The van der Waals surface area contributed by atoms with Crippen LogP contribution in [0.5, 0.6) is 0 Å². The molecule has 2 aromatic rings. The highest BCUT2D eigenvalue weighted by Crippen LogP contribution is 2.25. The molecular weight excluding hydrogens is 321 g/mol. The van der Waals surface area contributed by atoms with Crippen molar-refractivity contribution in [2.45, 2.75) is 6.92 Å². The third kappa shape index (κ3) is 5.13. The molecule has 0 unspecified atom stereocenters. The van der Waals surface area contributed by atoms with Crippen molar-refractivity contribution in [1.29, 1.82) is 0 Å². The molecule has 2 N–H and O–H groups in total. The average Bonchev–Trinajstić information content (AvgIpc) is 3.03. The van der Waals surface area contributed by atoms with Gasteiger partial charge in [0.2, 0.25) is 0 Å². The van der Waals surface area contributed by atoms with Crippen LogP contribution in [0.1, 0.15) is 16.6 Å². The summed E-state index contributed by atoms with van der Waals surface area (Å²) in [6.45, 7) is 4.31. The van der Waals surface area contributed by atoms with Gasteiger partial charge in [-0.25, -0.2) is 4.98 Å². The largest absolute Gasteiger partial charge is 0.462 e. The van der Waals surface area contributed by atoms with E-state index in [4.69, 9.17) is 4.42 Å². The minimum atomic E-state index is -0.0943. The van der Waals surface area contributed by atoms with Gasteiger partial charge in [-0.3, -0.25) is 4.79 Å². The van der Waals surface area contributed by atoms with E-state index in [-0.39, 0.29) is 30.7 Å². The second-order valence-electron chi connectivity index (χ2n) is 3.62. The second kappa shape index (κ2) is 9.77. The van der Waals surface area contributed by atoms with Crippen molar-refractivity contribution in [3.8, 4) is 10.8 Å². The van der Waals surface area contributed by atoms with Crippen LogP contribution in [0, 0.1) is 0 Å². The molecule has 2 aromatic heterocycles. The molecule has 0 saturated carbocycles. The lowest BCUT2D eigenvalue weighted by molar-refractivity contribution is 0.0958. The number of nitrogens with one attached hydrogen (secondary N) is 2. The molecule has 0 aliphatic heterocycles. The molecule has 112 valence electrons. The molecule has 8 heteroatoms. The fraction of sp³-hybridized carbons (Fsp3) is 0.333. The number of hydrogen-bond donors (Lipinski definition) is 2. The summed E-state index contributed by atoms with van der Waals surface area (Å²) < 4.78 is 5.23. The Balaban J connectivity index is 0.00000180. The minimum Gasteiger partial charge on any atom is -0.462 e. The first-order valence-electron chi connectivity index (χ1n) is 5.80. The number of aromatic nitrogens is 1. The van der Waals surface area contributed by atoms with E-state index >= 15 is 0 Å². The predicted octanol–water partition coefficient (Wildman–Crippen LogP) is 2.59. The highest BCUT2D eigenvalue weighted by Gasteiger charge is 2.12. The number of hydrogen-bond acceptors (Lipinski definition) is 5. The van der Waals surface area contributed by atoms with E-state index in [0.717, 1.165) is 18.1 Å². The molecular formula is C12H17Cl2N3O2S. The minimum absolute atomic E-state index is 0. The summed E-state index contributed by atoms with van der Waals surface area (Å²) in [6.07, 6.45) is 3.16. The van der Waals surface area contributed by atoms with Crippen LogP contribution in [0.2, 0.25) is 0 Å². The zero-order chi connectivity index (χ0) is 12.8. The van der Waals surface area contributed by atoms with Gasteiger partial charge in [0.1, 0.15) is 4.88 Å². The fourth-order valence-electron chi connectivity index (χ4n) is 1.42. The smallest absolute Gasteiger partial charge is 0.263 e. The lowest BCUT2D eigenvalue weighted by Crippen LogP contribution is -2.31. The Hall–Kier alpha value is -1.08. The maximum Gasteiger partial charge on any atom is 0.263 e. The molecule has 2 rings (SSSR count). The van der Waals surface area contributed by atoms with E-state index in [9.17, 15) is 4.79 Å². The number of thiazole rings is 1. The Bertz CT molecular complexity index is 503. The van der Waals surface area contributed by atoms with Crippen molar-refractivity contribution in [3.05, 3.63) is 29.5 Å². The number of likely N-dealkylation sites (N-methyl/N-ethyl adjacent to an activating group) is 1. The monoisotopic (exact) mass is 337 g/mol. The third-order valence-corrected chi connectivity index (χ3v) is 3.31. The first-order chi connectivity index (χ1) is 8.81.